The Morgan fingerprint density at radius 2 is 1.49 bits per heavy atom. The highest BCUT2D eigenvalue weighted by Crippen LogP contribution is 2.31. The quantitative estimate of drug-likeness (QED) is 0.268. The molecule has 7 atom stereocenters. The molecular formula is C26H34O9. The fourth-order valence-corrected chi connectivity index (χ4v) is 3.58. The van der Waals surface area contributed by atoms with Crippen molar-refractivity contribution in [2.24, 2.45) is 11.8 Å². The number of rotatable bonds is 12. The van der Waals surface area contributed by atoms with Gasteiger partial charge >= 0.3 is 17.9 Å². The fraction of sp³-hybridized carbons (Fsp3) is 0.500. The third-order valence-corrected chi connectivity index (χ3v) is 5.61. The van der Waals surface area contributed by atoms with Crippen LogP contribution in [0, 0.1) is 11.8 Å². The molecule has 1 N–H and O–H groups in total. The molecule has 35 heavy (non-hydrogen) atoms. The molecule has 0 spiro atoms. The van der Waals surface area contributed by atoms with Crippen molar-refractivity contribution in [2.45, 2.75) is 57.4 Å². The average Bonchev–Trinajstić information content (AvgIpc) is 2.86. The predicted octanol–water partition coefficient (Wildman–Crippen LogP) is 2.82. The van der Waals surface area contributed by atoms with E-state index in [1.165, 1.54) is 7.11 Å². The number of benzene rings is 1. The Hall–Kier alpha value is -3.01. The van der Waals surface area contributed by atoms with Crippen molar-refractivity contribution >= 4 is 17.9 Å². The van der Waals surface area contributed by atoms with Crippen LogP contribution >= 0.6 is 0 Å². The number of aliphatic hydroxyl groups excluding tert-OH is 1. The van der Waals surface area contributed by atoms with Gasteiger partial charge in [0.25, 0.3) is 0 Å². The molecule has 9 nitrogen and oxygen atoms in total. The van der Waals surface area contributed by atoms with Gasteiger partial charge in [0.2, 0.25) is 0 Å². The summed E-state index contributed by atoms with van der Waals surface area (Å²) in [7, 11) is 1.32. The van der Waals surface area contributed by atoms with Crippen molar-refractivity contribution in [1.29, 1.82) is 0 Å². The molecule has 0 saturated carbocycles. The summed E-state index contributed by atoms with van der Waals surface area (Å²) in [5, 5.41) is 9.97. The highest BCUT2D eigenvalue weighted by atomic mass is 16.7. The first-order chi connectivity index (χ1) is 16.8. The summed E-state index contributed by atoms with van der Waals surface area (Å²) >= 11 is 0. The minimum Gasteiger partial charge on any atom is -0.455 e. The number of methoxy groups -OCH3 is 1. The Bertz CT molecular complexity index is 869. The third kappa shape index (κ3) is 7.48. The monoisotopic (exact) mass is 490 g/mol. The van der Waals surface area contributed by atoms with E-state index in [0.717, 1.165) is 0 Å². The number of allylic oxidation sites excluding steroid dienone is 2. The van der Waals surface area contributed by atoms with Gasteiger partial charge in [0.05, 0.1) is 24.0 Å². The Kier molecular flexibility index (Phi) is 11.1. The lowest BCUT2D eigenvalue weighted by Crippen LogP contribution is -2.63. The van der Waals surface area contributed by atoms with Crippen molar-refractivity contribution in [2.75, 3.05) is 13.7 Å². The molecule has 1 aromatic rings. The van der Waals surface area contributed by atoms with Crippen LogP contribution in [-0.4, -0.2) is 67.4 Å². The zero-order valence-corrected chi connectivity index (χ0v) is 20.3. The molecule has 0 aromatic heterocycles. The van der Waals surface area contributed by atoms with Crippen LogP contribution in [0.5, 0.6) is 0 Å². The Morgan fingerprint density at radius 3 is 1.97 bits per heavy atom. The number of carbonyl (C=O) groups excluding carboxylic acids is 3. The second kappa shape index (κ2) is 13.8. The van der Waals surface area contributed by atoms with E-state index in [-0.39, 0.29) is 5.56 Å². The number of carbonyl (C=O) groups is 3. The maximum absolute atomic E-state index is 12.9. The molecule has 1 saturated heterocycles. The van der Waals surface area contributed by atoms with E-state index in [1.54, 1.807) is 56.3 Å². The molecule has 0 aliphatic carbocycles. The number of aliphatic hydroxyl groups is 1. The summed E-state index contributed by atoms with van der Waals surface area (Å²) in [4.78, 5) is 38.4. The zero-order chi connectivity index (χ0) is 26.0. The zero-order valence-electron chi connectivity index (χ0n) is 20.3. The lowest BCUT2D eigenvalue weighted by molar-refractivity contribution is -0.299. The van der Waals surface area contributed by atoms with E-state index >= 15 is 0 Å². The molecule has 1 heterocycles. The van der Waals surface area contributed by atoms with Crippen molar-refractivity contribution in [3.05, 3.63) is 61.2 Å². The molecule has 0 bridgehead atoms. The first kappa shape index (κ1) is 28.2. The van der Waals surface area contributed by atoms with Gasteiger partial charge in [0, 0.05) is 7.11 Å². The smallest absolute Gasteiger partial charge is 0.338 e. The first-order valence-electron chi connectivity index (χ1n) is 11.4. The minimum absolute atomic E-state index is 0.255. The Labute approximate surface area is 205 Å². The topological polar surface area (TPSA) is 118 Å². The summed E-state index contributed by atoms with van der Waals surface area (Å²) in [5.41, 5.74) is 0.255. The molecule has 1 aromatic carbocycles. The van der Waals surface area contributed by atoms with Gasteiger partial charge in [-0.05, 0) is 25.0 Å². The molecular weight excluding hydrogens is 456 g/mol. The van der Waals surface area contributed by atoms with E-state index < -0.39 is 67.1 Å². The van der Waals surface area contributed by atoms with Gasteiger partial charge in [-0.2, -0.15) is 0 Å². The summed E-state index contributed by atoms with van der Waals surface area (Å²) in [6.07, 6.45) is -2.32. The summed E-state index contributed by atoms with van der Waals surface area (Å²) in [6, 6.07) is 8.21. The van der Waals surface area contributed by atoms with Gasteiger partial charge in [-0.3, -0.25) is 9.59 Å². The predicted molar refractivity (Wildman–Crippen MR) is 126 cm³/mol. The van der Waals surface area contributed by atoms with Crippen molar-refractivity contribution in [3.8, 4) is 0 Å². The summed E-state index contributed by atoms with van der Waals surface area (Å²) in [6.45, 7) is 9.99. The maximum Gasteiger partial charge on any atom is 0.338 e. The minimum atomic E-state index is -1.31. The van der Waals surface area contributed by atoms with Crippen LogP contribution in [0.1, 0.15) is 37.0 Å². The molecule has 1 aliphatic rings. The van der Waals surface area contributed by atoms with Crippen LogP contribution in [0.2, 0.25) is 0 Å². The number of ether oxygens (including phenoxy) is 5. The van der Waals surface area contributed by atoms with Gasteiger partial charge in [-0.1, -0.05) is 44.2 Å². The molecule has 2 rings (SSSR count). The second-order valence-electron chi connectivity index (χ2n) is 8.35. The highest BCUT2D eigenvalue weighted by molar-refractivity contribution is 5.89. The number of hydrogen-bond acceptors (Lipinski definition) is 9. The lowest BCUT2D eigenvalue weighted by Gasteiger charge is -2.44. The molecule has 9 heteroatoms. The summed E-state index contributed by atoms with van der Waals surface area (Å²) in [5.74, 6) is -3.06. The maximum atomic E-state index is 12.9. The van der Waals surface area contributed by atoms with Crippen LogP contribution in [0.3, 0.4) is 0 Å². The Morgan fingerprint density at radius 1 is 0.943 bits per heavy atom. The van der Waals surface area contributed by atoms with E-state index in [1.807, 2.05) is 0 Å². The van der Waals surface area contributed by atoms with E-state index in [9.17, 15) is 19.5 Å². The highest BCUT2D eigenvalue weighted by Gasteiger charge is 2.53. The normalized spacial score (nSPS) is 25.5. The van der Waals surface area contributed by atoms with E-state index in [2.05, 4.69) is 13.2 Å². The first-order valence-corrected chi connectivity index (χ1v) is 11.4. The standard InChI is InChI=1S/C26H34O9/c1-6-11-16(3)23(28)33-20-19(15-27)32-26(31-5)22(21(20)34-24(29)17(4)12-7-2)35-25(30)18-13-9-8-10-14-18/h6-10,13-14,16-17,19-22,26-27H,1-2,11-12,15H2,3-5H3/t16-,17-,19-,20-,21+,22+,26+/m1/s1. The fourth-order valence-electron chi connectivity index (χ4n) is 3.58. The SMILES string of the molecule is C=CC[C@@H](C)C(=O)O[C@@H]1[C@H](OC(=O)c2ccccc2)[C@@H](OC)O[C@H](CO)[C@H]1OC(=O)[C@H](C)CC=C. The van der Waals surface area contributed by atoms with Crippen LogP contribution in [0.4, 0.5) is 0 Å². The van der Waals surface area contributed by atoms with E-state index in [4.69, 9.17) is 23.7 Å². The van der Waals surface area contributed by atoms with Gasteiger partial charge in [-0.25, -0.2) is 4.79 Å². The molecule has 1 fully saturated rings. The van der Waals surface area contributed by atoms with Gasteiger partial charge < -0.3 is 28.8 Å². The van der Waals surface area contributed by atoms with Crippen LogP contribution < -0.4 is 0 Å². The van der Waals surface area contributed by atoms with Gasteiger partial charge in [0.15, 0.2) is 24.6 Å². The van der Waals surface area contributed by atoms with Crippen LogP contribution in [0.15, 0.2) is 55.6 Å². The molecule has 0 unspecified atom stereocenters. The number of hydrogen-bond donors (Lipinski definition) is 1. The number of esters is 3. The largest absolute Gasteiger partial charge is 0.455 e. The van der Waals surface area contributed by atoms with Crippen LogP contribution in [-0.2, 0) is 33.3 Å². The molecule has 0 amide bonds. The molecule has 1 aliphatic heterocycles. The summed E-state index contributed by atoms with van der Waals surface area (Å²) < 4.78 is 28.2. The van der Waals surface area contributed by atoms with Crippen molar-refractivity contribution in [1.82, 2.24) is 0 Å². The van der Waals surface area contributed by atoms with Gasteiger partial charge in [-0.15, -0.1) is 13.2 Å². The average molecular weight is 491 g/mol. The van der Waals surface area contributed by atoms with Crippen molar-refractivity contribution in [3.63, 3.8) is 0 Å². The van der Waals surface area contributed by atoms with Crippen LogP contribution in [0.25, 0.3) is 0 Å². The Balaban J connectivity index is 2.43. The molecule has 192 valence electrons. The molecule has 0 radical (unpaired) electrons. The second-order valence-corrected chi connectivity index (χ2v) is 8.35. The van der Waals surface area contributed by atoms with Crippen molar-refractivity contribution < 1.29 is 43.2 Å². The third-order valence-electron chi connectivity index (χ3n) is 5.61. The van der Waals surface area contributed by atoms with Gasteiger partial charge in [0.1, 0.15) is 6.10 Å². The van der Waals surface area contributed by atoms with E-state index in [0.29, 0.717) is 12.8 Å². The lowest BCUT2D eigenvalue weighted by atomic mass is 9.97.